The molecule has 0 fully saturated rings. The summed E-state index contributed by atoms with van der Waals surface area (Å²) in [6, 6.07) is 0.411. The lowest BCUT2D eigenvalue weighted by molar-refractivity contribution is -0.138. The number of hydrogen-bond donors (Lipinski definition) is 1. The van der Waals surface area contributed by atoms with Gasteiger partial charge < -0.3 is 14.6 Å². The molecule has 1 N–H and O–H groups in total. The second kappa shape index (κ2) is 7.22. The van der Waals surface area contributed by atoms with E-state index in [0.717, 1.165) is 11.6 Å². The van der Waals surface area contributed by atoms with Crippen LogP contribution in [0.5, 0.6) is 0 Å². The predicted molar refractivity (Wildman–Crippen MR) is 95.9 cm³/mol. The summed E-state index contributed by atoms with van der Waals surface area (Å²) >= 11 is 0. The molecule has 0 amide bonds. The highest BCUT2D eigenvalue weighted by molar-refractivity contribution is 7.91. The lowest BCUT2D eigenvalue weighted by Gasteiger charge is -2.32. The molecule has 31 heavy (non-hydrogen) atoms. The van der Waals surface area contributed by atoms with E-state index in [-0.39, 0.29) is 17.2 Å². The van der Waals surface area contributed by atoms with Crippen molar-refractivity contribution in [3.05, 3.63) is 34.9 Å². The molecule has 14 heteroatoms. The number of allylic oxidation sites excluding steroid dienone is 1. The molecule has 1 aliphatic heterocycles. The smallest absolute Gasteiger partial charge is 0.368 e. The predicted octanol–water partition coefficient (Wildman–Crippen LogP) is 3.13. The number of nitrogens with zero attached hydrogens (tertiary/aromatic N) is 4. The normalized spacial score (nSPS) is 17.5. The second-order valence-electron chi connectivity index (χ2n) is 6.75. The first-order valence-corrected chi connectivity index (χ1v) is 10.3. The Morgan fingerprint density at radius 1 is 1.13 bits per heavy atom. The monoisotopic (exact) mass is 470 g/mol. The van der Waals surface area contributed by atoms with E-state index in [0.29, 0.717) is 23.2 Å². The molecular weight excluding hydrogens is 454 g/mol. The quantitative estimate of drug-likeness (QED) is 0.694. The number of rotatable bonds is 3. The number of fused-ring (bicyclic) bond motifs is 1. The lowest BCUT2D eigenvalue weighted by atomic mass is 10.1. The van der Waals surface area contributed by atoms with Crippen molar-refractivity contribution >= 4 is 15.9 Å². The van der Waals surface area contributed by atoms with Gasteiger partial charge >= 0.3 is 12.4 Å². The average molecular weight is 470 g/mol. The minimum Gasteiger partial charge on any atom is -0.368 e. The molecule has 1 unspecified atom stereocenters. The van der Waals surface area contributed by atoms with Crippen molar-refractivity contribution in [2.45, 2.75) is 30.4 Å². The summed E-state index contributed by atoms with van der Waals surface area (Å²) in [4.78, 5) is 7.37. The van der Waals surface area contributed by atoms with Crippen LogP contribution < -0.4 is 0 Å². The number of hydrogen-bond acceptors (Lipinski definition) is 6. The number of sulfone groups is 1. The third-order valence-electron chi connectivity index (χ3n) is 4.83. The van der Waals surface area contributed by atoms with Gasteiger partial charge in [-0.05, 0) is 12.1 Å². The second-order valence-corrected chi connectivity index (χ2v) is 9.00. The minimum atomic E-state index is -4.87. The zero-order valence-electron chi connectivity index (χ0n) is 16.2. The van der Waals surface area contributed by atoms with Crippen LogP contribution in [0.3, 0.4) is 0 Å². The van der Waals surface area contributed by atoms with Gasteiger partial charge in [-0.3, -0.25) is 4.98 Å². The molecule has 2 aromatic rings. The lowest BCUT2D eigenvalue weighted by Crippen LogP contribution is -2.35. The van der Waals surface area contributed by atoms with Crippen LogP contribution >= 0.6 is 0 Å². The van der Waals surface area contributed by atoms with Crippen molar-refractivity contribution < 1.29 is 39.9 Å². The number of aliphatic hydroxyl groups excluding tert-OH is 1. The van der Waals surface area contributed by atoms with Gasteiger partial charge in [-0.25, -0.2) is 13.4 Å². The summed E-state index contributed by atoms with van der Waals surface area (Å²) < 4.78 is 105. The molecule has 2 aromatic heterocycles. The Bertz CT molecular complexity index is 1170. The number of halogens is 6. The SMILES string of the molecule is CCS(=O)(=O)c1cc(C(F)(F)F)cnc1-c1nc2c(n1C)C(O)N(C)C(C(F)(F)F)=C2. The van der Waals surface area contributed by atoms with Crippen LogP contribution in [0.25, 0.3) is 17.6 Å². The summed E-state index contributed by atoms with van der Waals surface area (Å²) in [5.74, 6) is -0.853. The largest absolute Gasteiger partial charge is 0.431 e. The molecule has 0 bridgehead atoms. The Morgan fingerprint density at radius 3 is 2.26 bits per heavy atom. The highest BCUT2D eigenvalue weighted by atomic mass is 32.2. The zero-order valence-corrected chi connectivity index (χ0v) is 17.1. The van der Waals surface area contributed by atoms with E-state index in [1.807, 2.05) is 0 Å². The Kier molecular flexibility index (Phi) is 5.37. The van der Waals surface area contributed by atoms with Crippen LogP contribution in [0.1, 0.15) is 30.1 Å². The van der Waals surface area contributed by atoms with Gasteiger partial charge in [-0.2, -0.15) is 26.3 Å². The highest BCUT2D eigenvalue weighted by Gasteiger charge is 2.43. The Morgan fingerprint density at radius 2 is 1.74 bits per heavy atom. The summed E-state index contributed by atoms with van der Waals surface area (Å²) in [5, 5.41) is 10.4. The Labute approximate surface area is 172 Å². The maximum absolute atomic E-state index is 13.3. The molecule has 3 heterocycles. The van der Waals surface area contributed by atoms with Crippen molar-refractivity contribution in [1.29, 1.82) is 0 Å². The fraction of sp³-hybridized carbons (Fsp3) is 0.412. The van der Waals surface area contributed by atoms with Crippen molar-refractivity contribution in [3.8, 4) is 11.5 Å². The molecule has 7 nitrogen and oxygen atoms in total. The topological polar surface area (TPSA) is 88.3 Å². The number of imidazole rings is 1. The van der Waals surface area contributed by atoms with Gasteiger partial charge in [-0.15, -0.1) is 0 Å². The molecule has 0 spiro atoms. The van der Waals surface area contributed by atoms with Gasteiger partial charge in [0.1, 0.15) is 11.4 Å². The molecule has 170 valence electrons. The molecule has 0 radical (unpaired) electrons. The minimum absolute atomic E-state index is 0.105. The van der Waals surface area contributed by atoms with E-state index in [1.165, 1.54) is 14.0 Å². The third-order valence-corrected chi connectivity index (χ3v) is 6.57. The van der Waals surface area contributed by atoms with Gasteiger partial charge in [0.25, 0.3) is 0 Å². The number of alkyl halides is 6. The molecule has 0 saturated heterocycles. The first-order valence-electron chi connectivity index (χ1n) is 8.66. The maximum atomic E-state index is 13.3. The molecule has 0 aromatic carbocycles. The summed E-state index contributed by atoms with van der Waals surface area (Å²) in [6.07, 6.45) is -10.4. The van der Waals surface area contributed by atoms with Crippen molar-refractivity contribution in [3.63, 3.8) is 0 Å². The number of aromatic nitrogens is 3. The van der Waals surface area contributed by atoms with Gasteiger partial charge in [0, 0.05) is 20.3 Å². The highest BCUT2D eigenvalue weighted by Crippen LogP contribution is 2.41. The molecule has 0 aliphatic carbocycles. The fourth-order valence-corrected chi connectivity index (χ4v) is 4.20. The van der Waals surface area contributed by atoms with Gasteiger partial charge in [0.2, 0.25) is 0 Å². The third kappa shape index (κ3) is 3.89. The summed E-state index contributed by atoms with van der Waals surface area (Å²) in [6.45, 7) is 1.22. The van der Waals surface area contributed by atoms with Gasteiger partial charge in [0.05, 0.1) is 27.6 Å². The van der Waals surface area contributed by atoms with E-state index >= 15 is 0 Å². The van der Waals surface area contributed by atoms with Crippen LogP contribution in [0.15, 0.2) is 22.9 Å². The van der Waals surface area contributed by atoms with Crippen LogP contribution in [0.4, 0.5) is 26.3 Å². The maximum Gasteiger partial charge on any atom is 0.431 e. The van der Waals surface area contributed by atoms with Gasteiger partial charge in [-0.1, -0.05) is 6.92 Å². The molecule has 1 aliphatic rings. The average Bonchev–Trinajstić information content (AvgIpc) is 2.99. The van der Waals surface area contributed by atoms with Crippen molar-refractivity contribution in [2.24, 2.45) is 7.05 Å². The van der Waals surface area contributed by atoms with Crippen LogP contribution in [0.2, 0.25) is 0 Å². The van der Waals surface area contributed by atoms with Crippen LogP contribution in [-0.2, 0) is 23.1 Å². The Balaban J connectivity index is 2.30. The molecule has 3 rings (SSSR count). The summed E-state index contributed by atoms with van der Waals surface area (Å²) in [5.41, 5.74) is -3.38. The van der Waals surface area contributed by atoms with E-state index in [4.69, 9.17) is 0 Å². The van der Waals surface area contributed by atoms with Crippen molar-refractivity contribution in [1.82, 2.24) is 19.4 Å². The molecule has 1 atom stereocenters. The standard InChI is InChI=1S/C17H16F6N4O3S/c1-4-31(29,30)10-5-8(16(18,19)20)7-24-12(10)14-25-9-6-11(17(21,22)23)26(2)15(28)13(9)27(14)3/h5-7,15,28H,4H2,1-3H3. The summed E-state index contributed by atoms with van der Waals surface area (Å²) in [7, 11) is -1.93. The number of aliphatic hydroxyl groups is 1. The molecule has 0 saturated carbocycles. The first kappa shape index (κ1) is 23.1. The zero-order chi connectivity index (χ0) is 23.5. The van der Waals surface area contributed by atoms with E-state index in [1.54, 1.807) is 0 Å². The van der Waals surface area contributed by atoms with E-state index in [2.05, 4.69) is 9.97 Å². The number of pyridine rings is 1. The van der Waals surface area contributed by atoms with E-state index in [9.17, 15) is 39.9 Å². The Hall–Kier alpha value is -2.61. The fourth-order valence-electron chi connectivity index (χ4n) is 3.14. The van der Waals surface area contributed by atoms with E-state index < -0.39 is 56.0 Å². The van der Waals surface area contributed by atoms with Gasteiger partial charge in [0.15, 0.2) is 21.9 Å². The van der Waals surface area contributed by atoms with Crippen LogP contribution in [0, 0.1) is 0 Å². The van der Waals surface area contributed by atoms with Crippen molar-refractivity contribution in [2.75, 3.05) is 12.8 Å². The van der Waals surface area contributed by atoms with Crippen LogP contribution in [-0.4, -0.2) is 51.9 Å². The molecular formula is C17H16F6N4O3S. The first-order chi connectivity index (χ1) is 14.1.